The van der Waals surface area contributed by atoms with Crippen LogP contribution in [-0.4, -0.2) is 71.5 Å². The summed E-state index contributed by atoms with van der Waals surface area (Å²) in [5, 5.41) is 28.7. The van der Waals surface area contributed by atoms with Crippen molar-refractivity contribution in [3.63, 3.8) is 0 Å². The Morgan fingerprint density at radius 2 is 1.65 bits per heavy atom. The lowest BCUT2D eigenvalue weighted by molar-refractivity contribution is -0.146. The first-order chi connectivity index (χ1) is 24.7. The Kier molecular flexibility index (Phi) is 14.3. The average molecular weight is 720 g/mol. The number of methoxy groups -OCH3 is 2. The first kappa shape index (κ1) is 40.4. The number of hydrogen-bond acceptors (Lipinski definition) is 8. The van der Waals surface area contributed by atoms with Crippen LogP contribution in [0.2, 0.25) is 0 Å². The number of hydrogen-bond donors (Lipinski definition) is 4. The van der Waals surface area contributed by atoms with Gasteiger partial charge in [0.1, 0.15) is 5.82 Å². The van der Waals surface area contributed by atoms with Gasteiger partial charge in [-0.25, -0.2) is 9.37 Å². The average Bonchev–Trinajstić information content (AvgIpc) is 3.12. The fourth-order valence-corrected chi connectivity index (χ4v) is 6.94. The summed E-state index contributed by atoms with van der Waals surface area (Å²) in [6, 6.07) is 16.2. The van der Waals surface area contributed by atoms with Gasteiger partial charge in [0.2, 0.25) is 17.7 Å². The van der Waals surface area contributed by atoms with Gasteiger partial charge in [-0.3, -0.25) is 14.4 Å². The number of nitrogens with zero attached hydrogens (tertiary/aromatic N) is 1. The molecule has 7 atom stereocenters. The van der Waals surface area contributed by atoms with Crippen molar-refractivity contribution in [1.29, 1.82) is 0 Å². The number of halogens is 1. The molecular formula is C41H54FN3O7. The number of esters is 1. The summed E-state index contributed by atoms with van der Waals surface area (Å²) < 4.78 is 25.0. The minimum Gasteiger partial charge on any atom is -0.481 e. The van der Waals surface area contributed by atoms with Crippen LogP contribution in [0.4, 0.5) is 4.39 Å². The van der Waals surface area contributed by atoms with Crippen molar-refractivity contribution in [3.8, 4) is 17.0 Å². The maximum Gasteiger partial charge on any atom is 0.306 e. The number of pyridine rings is 1. The first-order valence-corrected chi connectivity index (χ1v) is 18.1. The van der Waals surface area contributed by atoms with E-state index < -0.39 is 65.1 Å². The summed E-state index contributed by atoms with van der Waals surface area (Å²) in [5.41, 5.74) is 2.30. The SMILES string of the molecule is COC(=O)C[C@H](C(=O)N[C@@H](Cc1ccc(-c2ccc(OC)nc2)cc1)[C@@H](O)C[C@@H](Cc1ccccc1F)C(=O)N[C@H]1[C@H](C)CCC[C@H]1O)C(C)(C)C. The highest BCUT2D eigenvalue weighted by Gasteiger charge is 2.38. The quantitative estimate of drug-likeness (QED) is 0.152. The third-order valence-electron chi connectivity index (χ3n) is 10.3. The lowest BCUT2D eigenvalue weighted by Crippen LogP contribution is -2.53. The number of nitrogens with one attached hydrogen (secondary N) is 2. The minimum absolute atomic E-state index is 0.00494. The molecule has 52 heavy (non-hydrogen) atoms. The Bertz CT molecular complexity index is 1620. The zero-order chi connectivity index (χ0) is 38.0. The second kappa shape index (κ2) is 18.4. The van der Waals surface area contributed by atoms with Crippen LogP contribution < -0.4 is 15.4 Å². The van der Waals surface area contributed by atoms with Crippen LogP contribution in [0, 0.1) is 29.0 Å². The molecular weight excluding hydrogens is 665 g/mol. The van der Waals surface area contributed by atoms with E-state index in [9.17, 15) is 29.0 Å². The van der Waals surface area contributed by atoms with Gasteiger partial charge in [-0.1, -0.05) is 76.6 Å². The lowest BCUT2D eigenvalue weighted by Gasteiger charge is -2.36. The molecule has 11 heteroatoms. The Hall–Kier alpha value is -4.35. The number of benzene rings is 2. The molecule has 1 heterocycles. The molecule has 10 nitrogen and oxygen atoms in total. The van der Waals surface area contributed by atoms with Gasteiger partial charge in [-0.05, 0) is 72.3 Å². The molecule has 1 saturated carbocycles. The van der Waals surface area contributed by atoms with Crippen LogP contribution >= 0.6 is 0 Å². The highest BCUT2D eigenvalue weighted by Crippen LogP contribution is 2.31. The predicted molar refractivity (Wildman–Crippen MR) is 197 cm³/mol. The summed E-state index contributed by atoms with van der Waals surface area (Å²) in [5.74, 6) is -2.94. The van der Waals surface area contributed by atoms with Gasteiger partial charge in [0, 0.05) is 23.7 Å². The molecule has 2 aromatic carbocycles. The van der Waals surface area contributed by atoms with E-state index in [0.29, 0.717) is 17.9 Å². The van der Waals surface area contributed by atoms with E-state index in [1.54, 1.807) is 37.6 Å². The van der Waals surface area contributed by atoms with Crippen LogP contribution in [-0.2, 0) is 32.0 Å². The molecule has 4 N–H and O–H groups in total. The van der Waals surface area contributed by atoms with Crippen molar-refractivity contribution in [2.24, 2.45) is 23.2 Å². The molecule has 1 aliphatic rings. The number of aromatic nitrogens is 1. The molecule has 1 aliphatic carbocycles. The lowest BCUT2D eigenvalue weighted by atomic mass is 9.77. The number of amides is 2. The maximum atomic E-state index is 14.9. The van der Waals surface area contributed by atoms with Gasteiger partial charge in [0.15, 0.2) is 0 Å². The number of aliphatic hydroxyl groups excluding tert-OH is 2. The third-order valence-corrected chi connectivity index (χ3v) is 10.3. The van der Waals surface area contributed by atoms with E-state index in [1.807, 2.05) is 58.0 Å². The summed E-state index contributed by atoms with van der Waals surface area (Å²) in [6.07, 6.45) is 1.99. The monoisotopic (exact) mass is 719 g/mol. The molecule has 4 rings (SSSR count). The second-order valence-electron chi connectivity index (χ2n) is 15.1. The highest BCUT2D eigenvalue weighted by molar-refractivity contribution is 5.84. The van der Waals surface area contributed by atoms with Crippen molar-refractivity contribution < 1.29 is 38.5 Å². The number of carbonyl (C=O) groups excluding carboxylic acids is 3. The normalized spacial score (nSPS) is 19.8. The highest BCUT2D eigenvalue weighted by atomic mass is 19.1. The molecule has 282 valence electrons. The largest absolute Gasteiger partial charge is 0.481 e. The van der Waals surface area contributed by atoms with E-state index in [0.717, 1.165) is 29.5 Å². The first-order valence-electron chi connectivity index (χ1n) is 18.1. The van der Waals surface area contributed by atoms with Crippen molar-refractivity contribution in [2.75, 3.05) is 14.2 Å². The van der Waals surface area contributed by atoms with Crippen LogP contribution in [0.15, 0.2) is 66.9 Å². The number of rotatable bonds is 15. The van der Waals surface area contributed by atoms with Gasteiger partial charge >= 0.3 is 5.97 Å². The third kappa shape index (κ3) is 11.1. The molecule has 3 aromatic rings. The van der Waals surface area contributed by atoms with E-state index >= 15 is 0 Å². The van der Waals surface area contributed by atoms with Gasteiger partial charge in [-0.15, -0.1) is 0 Å². The van der Waals surface area contributed by atoms with E-state index in [1.165, 1.54) is 13.2 Å². The van der Waals surface area contributed by atoms with Crippen molar-refractivity contribution in [2.45, 2.75) is 96.9 Å². The standard InChI is InChI=1S/C41H54FN3O7/c1-25-10-9-13-34(46)38(25)45-39(49)30(21-28-11-7-8-12-32(28)42)22-35(47)33(44-40(50)31(41(2,3)4)23-37(48)52-6)20-26-14-16-27(17-15-26)29-18-19-36(51-5)43-24-29/h7-8,11-12,14-19,24-25,30-31,33-35,38,46-47H,9-10,13,20-23H2,1-6H3,(H,44,50)(H,45,49)/t25-,30-,31-,33+,34-,35+,38+/m1/s1. The molecule has 0 bridgehead atoms. The number of ether oxygens (including phenoxy) is 2. The Labute approximate surface area is 306 Å². The van der Waals surface area contributed by atoms with E-state index in [2.05, 4.69) is 15.6 Å². The molecule has 1 aromatic heterocycles. The molecule has 0 spiro atoms. The fourth-order valence-electron chi connectivity index (χ4n) is 6.94. The van der Waals surface area contributed by atoms with Crippen LogP contribution in [0.1, 0.15) is 70.9 Å². The minimum atomic E-state index is -1.25. The summed E-state index contributed by atoms with van der Waals surface area (Å²) in [6.45, 7) is 7.55. The molecule has 0 unspecified atom stereocenters. The maximum absolute atomic E-state index is 14.9. The summed E-state index contributed by atoms with van der Waals surface area (Å²) >= 11 is 0. The summed E-state index contributed by atoms with van der Waals surface area (Å²) in [7, 11) is 2.82. The molecule has 1 fully saturated rings. The predicted octanol–water partition coefficient (Wildman–Crippen LogP) is 5.42. The zero-order valence-electron chi connectivity index (χ0n) is 31.1. The Morgan fingerprint density at radius 1 is 0.962 bits per heavy atom. The van der Waals surface area contributed by atoms with Crippen LogP contribution in [0.5, 0.6) is 5.88 Å². The smallest absolute Gasteiger partial charge is 0.306 e. The van der Waals surface area contributed by atoms with E-state index in [-0.39, 0.29) is 31.6 Å². The van der Waals surface area contributed by atoms with Crippen LogP contribution in [0.3, 0.4) is 0 Å². The van der Waals surface area contributed by atoms with Gasteiger partial charge in [0.05, 0.1) is 50.8 Å². The Balaban J connectivity index is 1.64. The molecule has 0 aliphatic heterocycles. The fraction of sp³-hybridized carbons (Fsp3) is 0.512. The van der Waals surface area contributed by atoms with Gasteiger partial charge in [-0.2, -0.15) is 0 Å². The molecule has 0 radical (unpaired) electrons. The zero-order valence-corrected chi connectivity index (χ0v) is 31.1. The van der Waals surface area contributed by atoms with Gasteiger partial charge in [0.25, 0.3) is 0 Å². The van der Waals surface area contributed by atoms with Crippen LogP contribution in [0.25, 0.3) is 11.1 Å². The topological polar surface area (TPSA) is 147 Å². The van der Waals surface area contributed by atoms with E-state index in [4.69, 9.17) is 9.47 Å². The van der Waals surface area contributed by atoms with Gasteiger partial charge < -0.3 is 30.3 Å². The molecule has 2 amide bonds. The number of carbonyl (C=O) groups is 3. The Morgan fingerprint density at radius 3 is 2.25 bits per heavy atom. The van der Waals surface area contributed by atoms with Crippen molar-refractivity contribution >= 4 is 17.8 Å². The second-order valence-corrected chi connectivity index (χ2v) is 15.1. The summed E-state index contributed by atoms with van der Waals surface area (Å²) in [4.78, 5) is 44.5. The molecule has 0 saturated heterocycles. The number of aliphatic hydroxyl groups is 2. The van der Waals surface area contributed by atoms with Crippen molar-refractivity contribution in [3.05, 3.63) is 83.8 Å². The van der Waals surface area contributed by atoms with Crippen molar-refractivity contribution in [1.82, 2.24) is 15.6 Å².